The fourth-order valence-corrected chi connectivity index (χ4v) is 4.46. The average molecular weight is 464 g/mol. The monoisotopic (exact) mass is 463 g/mol. The van der Waals surface area contributed by atoms with Crippen LogP contribution in [0, 0.1) is 12.8 Å². The van der Waals surface area contributed by atoms with Crippen LogP contribution in [0.5, 0.6) is 0 Å². The highest BCUT2D eigenvalue weighted by atomic mass is 32.1. The number of aryl methyl sites for hydroxylation is 1. The lowest BCUT2D eigenvalue weighted by Crippen LogP contribution is -2.45. The number of nitrogens with zero attached hydrogens (tertiary/aromatic N) is 3. The maximum absolute atomic E-state index is 13.0. The number of carbonyl (C=O) groups is 3. The highest BCUT2D eigenvalue weighted by Gasteiger charge is 2.30. The van der Waals surface area contributed by atoms with E-state index in [1.807, 2.05) is 49.4 Å². The van der Waals surface area contributed by atoms with Gasteiger partial charge < -0.3 is 15.5 Å². The zero-order chi connectivity index (χ0) is 23.2. The number of hydrogen-bond acceptors (Lipinski definition) is 6. The van der Waals surface area contributed by atoms with Gasteiger partial charge in [0.1, 0.15) is 0 Å². The molecule has 1 atom stereocenters. The molecule has 8 nitrogen and oxygen atoms in total. The maximum Gasteiger partial charge on any atom is 0.286 e. The zero-order valence-corrected chi connectivity index (χ0v) is 19.1. The Kier molecular flexibility index (Phi) is 7.09. The highest BCUT2D eigenvalue weighted by Crippen LogP contribution is 2.21. The Morgan fingerprint density at radius 3 is 2.55 bits per heavy atom. The molecule has 0 bridgehead atoms. The molecule has 0 aliphatic carbocycles. The molecule has 1 saturated heterocycles. The molecule has 0 saturated carbocycles. The van der Waals surface area contributed by atoms with Crippen molar-refractivity contribution in [3.63, 3.8) is 0 Å². The van der Waals surface area contributed by atoms with Crippen LogP contribution in [0.3, 0.4) is 0 Å². The number of carbonyl (C=O) groups excluding carboxylic acids is 3. The number of para-hydroxylation sites is 1. The summed E-state index contributed by atoms with van der Waals surface area (Å²) >= 11 is 0.955. The first-order chi connectivity index (χ1) is 16.0. The zero-order valence-electron chi connectivity index (χ0n) is 18.3. The van der Waals surface area contributed by atoms with E-state index in [0.29, 0.717) is 25.3 Å². The van der Waals surface area contributed by atoms with Crippen molar-refractivity contribution in [1.29, 1.82) is 0 Å². The lowest BCUT2D eigenvalue weighted by Gasteiger charge is -2.31. The van der Waals surface area contributed by atoms with Crippen LogP contribution in [0.4, 0.5) is 5.69 Å². The summed E-state index contributed by atoms with van der Waals surface area (Å²) in [5.41, 5.74) is 2.84. The molecule has 3 amide bonds. The maximum atomic E-state index is 13.0. The Bertz CT molecular complexity index is 1150. The lowest BCUT2D eigenvalue weighted by atomic mass is 9.97. The molecule has 2 aromatic carbocycles. The van der Waals surface area contributed by atoms with Crippen LogP contribution >= 0.6 is 11.3 Å². The van der Waals surface area contributed by atoms with Gasteiger partial charge in [0.15, 0.2) is 0 Å². The van der Waals surface area contributed by atoms with Gasteiger partial charge in [-0.3, -0.25) is 14.4 Å². The first-order valence-electron chi connectivity index (χ1n) is 10.8. The Morgan fingerprint density at radius 1 is 1.03 bits per heavy atom. The van der Waals surface area contributed by atoms with Crippen LogP contribution in [-0.4, -0.2) is 45.9 Å². The molecule has 1 fully saturated rings. The fourth-order valence-electron chi connectivity index (χ4n) is 3.75. The van der Waals surface area contributed by atoms with Crippen molar-refractivity contribution in [3.8, 4) is 0 Å². The van der Waals surface area contributed by atoms with Crippen LogP contribution in [0.1, 0.15) is 43.6 Å². The summed E-state index contributed by atoms with van der Waals surface area (Å²) in [4.78, 5) is 39.7. The SMILES string of the molecule is Cc1ccccc1CNC(=O)C1CCCN(C(=O)c2nnc(C(=O)Nc3ccccc3)s2)C1. The molecule has 2 N–H and O–H groups in total. The van der Waals surface area contributed by atoms with Crippen molar-refractivity contribution in [1.82, 2.24) is 20.4 Å². The fraction of sp³-hybridized carbons (Fsp3) is 0.292. The molecule has 9 heteroatoms. The summed E-state index contributed by atoms with van der Waals surface area (Å²) in [6.07, 6.45) is 1.46. The van der Waals surface area contributed by atoms with Gasteiger partial charge in [0.2, 0.25) is 15.9 Å². The minimum absolute atomic E-state index is 0.0593. The van der Waals surface area contributed by atoms with Crippen LogP contribution in [0.25, 0.3) is 0 Å². The second-order valence-corrected chi connectivity index (χ2v) is 8.94. The first kappa shape index (κ1) is 22.6. The number of benzene rings is 2. The molecule has 1 aliphatic rings. The highest BCUT2D eigenvalue weighted by molar-refractivity contribution is 7.15. The molecule has 1 aliphatic heterocycles. The Balaban J connectivity index is 1.34. The van der Waals surface area contributed by atoms with Crippen LogP contribution in [0.2, 0.25) is 0 Å². The molecule has 0 radical (unpaired) electrons. The molecular formula is C24H25N5O3S. The molecule has 170 valence electrons. The minimum Gasteiger partial charge on any atom is -0.352 e. The van der Waals surface area contributed by atoms with Crippen molar-refractivity contribution >= 4 is 34.7 Å². The van der Waals surface area contributed by atoms with Gasteiger partial charge in [0, 0.05) is 25.3 Å². The van der Waals surface area contributed by atoms with Crippen molar-refractivity contribution in [2.45, 2.75) is 26.3 Å². The second-order valence-electron chi connectivity index (χ2n) is 7.97. The number of hydrogen-bond donors (Lipinski definition) is 2. The van der Waals surface area contributed by atoms with Gasteiger partial charge in [0.25, 0.3) is 11.8 Å². The normalized spacial score (nSPS) is 15.7. The third-order valence-electron chi connectivity index (χ3n) is 5.63. The van der Waals surface area contributed by atoms with E-state index >= 15 is 0 Å². The molecule has 0 spiro atoms. The van der Waals surface area contributed by atoms with Crippen LogP contribution < -0.4 is 10.6 Å². The number of anilines is 1. The van der Waals surface area contributed by atoms with E-state index in [-0.39, 0.29) is 27.7 Å². The quantitative estimate of drug-likeness (QED) is 0.584. The third-order valence-corrected chi connectivity index (χ3v) is 6.54. The molecule has 3 aromatic rings. The van der Waals surface area contributed by atoms with Crippen molar-refractivity contribution in [2.24, 2.45) is 5.92 Å². The summed E-state index contributed by atoms with van der Waals surface area (Å²) in [5, 5.41) is 13.8. The van der Waals surface area contributed by atoms with Gasteiger partial charge >= 0.3 is 0 Å². The smallest absolute Gasteiger partial charge is 0.286 e. The van der Waals surface area contributed by atoms with E-state index in [1.165, 1.54) is 0 Å². The number of nitrogens with one attached hydrogen (secondary N) is 2. The number of likely N-dealkylation sites (tertiary alicyclic amines) is 1. The van der Waals surface area contributed by atoms with Gasteiger partial charge in [-0.05, 0) is 43.0 Å². The Hall–Kier alpha value is -3.59. The minimum atomic E-state index is -0.412. The second kappa shape index (κ2) is 10.4. The van der Waals surface area contributed by atoms with Gasteiger partial charge in [0.05, 0.1) is 5.92 Å². The van der Waals surface area contributed by atoms with E-state index in [1.54, 1.807) is 17.0 Å². The molecule has 1 unspecified atom stereocenters. The number of rotatable bonds is 6. The van der Waals surface area contributed by atoms with Crippen LogP contribution in [-0.2, 0) is 11.3 Å². The van der Waals surface area contributed by atoms with E-state index in [2.05, 4.69) is 20.8 Å². The predicted octanol–water partition coefficient (Wildman–Crippen LogP) is 3.27. The van der Waals surface area contributed by atoms with E-state index in [9.17, 15) is 14.4 Å². The summed E-state index contributed by atoms with van der Waals surface area (Å²) in [5.74, 6) is -1.05. The number of amides is 3. The van der Waals surface area contributed by atoms with Crippen LogP contribution in [0.15, 0.2) is 54.6 Å². The van der Waals surface area contributed by atoms with Crippen molar-refractivity contribution < 1.29 is 14.4 Å². The molecule has 1 aromatic heterocycles. The van der Waals surface area contributed by atoms with Gasteiger partial charge in [-0.1, -0.05) is 53.8 Å². The predicted molar refractivity (Wildman–Crippen MR) is 126 cm³/mol. The van der Waals surface area contributed by atoms with E-state index in [0.717, 1.165) is 35.3 Å². The number of piperidine rings is 1. The number of aromatic nitrogens is 2. The topological polar surface area (TPSA) is 104 Å². The Morgan fingerprint density at radius 2 is 1.76 bits per heavy atom. The summed E-state index contributed by atoms with van der Waals surface area (Å²) < 4.78 is 0. The largest absolute Gasteiger partial charge is 0.352 e. The Labute approximate surface area is 196 Å². The third kappa shape index (κ3) is 5.61. The van der Waals surface area contributed by atoms with E-state index < -0.39 is 5.91 Å². The standard InChI is InChI=1S/C24H25N5O3S/c1-16-8-5-6-9-17(16)14-25-20(30)18-10-7-13-29(15-18)24(32)23-28-27-22(33-23)21(31)26-19-11-3-2-4-12-19/h2-6,8-9,11-12,18H,7,10,13-15H2,1H3,(H,25,30)(H,26,31). The molecular weight excluding hydrogens is 438 g/mol. The van der Waals surface area contributed by atoms with Gasteiger partial charge in [-0.2, -0.15) is 0 Å². The van der Waals surface area contributed by atoms with Crippen molar-refractivity contribution in [3.05, 3.63) is 75.7 Å². The molecule has 4 rings (SSSR count). The lowest BCUT2D eigenvalue weighted by molar-refractivity contribution is -0.126. The summed E-state index contributed by atoms with van der Waals surface area (Å²) in [6.45, 7) is 3.35. The molecule has 2 heterocycles. The van der Waals surface area contributed by atoms with E-state index in [4.69, 9.17) is 0 Å². The summed E-state index contributed by atoms with van der Waals surface area (Å²) in [6, 6.07) is 16.9. The summed E-state index contributed by atoms with van der Waals surface area (Å²) in [7, 11) is 0. The van der Waals surface area contributed by atoms with Gasteiger partial charge in [-0.15, -0.1) is 10.2 Å². The molecule has 33 heavy (non-hydrogen) atoms. The van der Waals surface area contributed by atoms with Gasteiger partial charge in [-0.25, -0.2) is 0 Å². The first-order valence-corrected chi connectivity index (χ1v) is 11.6. The average Bonchev–Trinajstić information content (AvgIpc) is 3.34. The van der Waals surface area contributed by atoms with Crippen molar-refractivity contribution in [2.75, 3.05) is 18.4 Å².